The Bertz CT molecular complexity index is 872. The number of rotatable bonds is 0. The Morgan fingerprint density at radius 2 is 1.86 bits per heavy atom. The van der Waals surface area contributed by atoms with Gasteiger partial charge in [-0.15, -0.1) is 0 Å². The van der Waals surface area contributed by atoms with Gasteiger partial charge >= 0.3 is 0 Å². The first-order chi connectivity index (χ1) is 10.7. The molecule has 0 bridgehead atoms. The lowest BCUT2D eigenvalue weighted by molar-refractivity contribution is 0.0822. The average molecular weight is 292 g/mol. The maximum Gasteiger partial charge on any atom is 0.260 e. The molecule has 5 nitrogen and oxygen atoms in total. The van der Waals surface area contributed by atoms with Gasteiger partial charge in [0.25, 0.3) is 5.91 Å². The summed E-state index contributed by atoms with van der Waals surface area (Å²) in [5, 5.41) is 0. The molecule has 5 rings (SSSR count). The number of fused-ring (bicyclic) bond motifs is 5. The van der Waals surface area contributed by atoms with Crippen molar-refractivity contribution in [2.75, 3.05) is 6.79 Å². The first-order valence-electron chi connectivity index (χ1n) is 7.19. The quantitative estimate of drug-likeness (QED) is 0.750. The van der Waals surface area contributed by atoms with Crippen LogP contribution in [-0.4, -0.2) is 23.4 Å². The van der Waals surface area contributed by atoms with Crippen molar-refractivity contribution in [3.05, 3.63) is 53.1 Å². The summed E-state index contributed by atoms with van der Waals surface area (Å²) in [7, 11) is 0. The predicted molar refractivity (Wildman–Crippen MR) is 79.8 cm³/mol. The van der Waals surface area contributed by atoms with Crippen LogP contribution in [0, 0.1) is 0 Å². The molecule has 3 aliphatic heterocycles. The molecule has 1 atom stereocenters. The van der Waals surface area contributed by atoms with Crippen molar-refractivity contribution in [2.45, 2.75) is 13.0 Å². The number of nitrogens with zero attached hydrogens (tertiary/aromatic N) is 2. The molecule has 1 unspecified atom stereocenters. The summed E-state index contributed by atoms with van der Waals surface area (Å²) in [5.74, 6) is 2.15. The van der Waals surface area contributed by atoms with Gasteiger partial charge in [-0.3, -0.25) is 9.69 Å². The number of ether oxygens (including phenoxy) is 2. The predicted octanol–water partition coefficient (Wildman–Crippen LogP) is 3.02. The molecule has 108 valence electrons. The second kappa shape index (κ2) is 3.88. The zero-order valence-electron chi connectivity index (χ0n) is 11.9. The van der Waals surface area contributed by atoms with E-state index in [2.05, 4.69) is 0 Å². The zero-order valence-corrected chi connectivity index (χ0v) is 11.9. The lowest BCUT2D eigenvalue weighted by Crippen LogP contribution is -2.35. The van der Waals surface area contributed by atoms with Crippen LogP contribution >= 0.6 is 0 Å². The molecule has 0 saturated carbocycles. The highest BCUT2D eigenvalue weighted by molar-refractivity contribution is 6.24. The summed E-state index contributed by atoms with van der Waals surface area (Å²) in [6.45, 7) is 2.24. The number of amides is 1. The molecule has 22 heavy (non-hydrogen) atoms. The first kappa shape index (κ1) is 11.8. The molecule has 3 heterocycles. The van der Waals surface area contributed by atoms with E-state index in [0.29, 0.717) is 17.1 Å². The van der Waals surface area contributed by atoms with Crippen LogP contribution in [-0.2, 0) is 0 Å². The summed E-state index contributed by atoms with van der Waals surface area (Å²) in [6.07, 6.45) is 0. The van der Waals surface area contributed by atoms with E-state index in [4.69, 9.17) is 14.5 Å². The van der Waals surface area contributed by atoms with Gasteiger partial charge in [0.15, 0.2) is 11.5 Å². The normalized spacial score (nSPS) is 20.4. The van der Waals surface area contributed by atoms with E-state index in [1.165, 1.54) is 0 Å². The van der Waals surface area contributed by atoms with Gasteiger partial charge in [-0.05, 0) is 19.1 Å². The number of carbonyl (C=O) groups excluding carboxylic acids is 1. The minimum absolute atomic E-state index is 0.00478. The third-order valence-corrected chi connectivity index (χ3v) is 4.43. The maximum atomic E-state index is 12.7. The standard InChI is InChI=1S/C17H12N2O3/c1-9-12-6-14-15(22-8-21-14)7-13(12)18-16-10-4-2-3-5-11(10)17(20)19(9)16/h2-7,9H,8H2,1H3. The third kappa shape index (κ3) is 1.33. The van der Waals surface area contributed by atoms with Crippen molar-refractivity contribution in [3.8, 4) is 11.5 Å². The molecule has 0 spiro atoms. The minimum Gasteiger partial charge on any atom is -0.454 e. The summed E-state index contributed by atoms with van der Waals surface area (Å²) in [6, 6.07) is 11.3. The highest BCUT2D eigenvalue weighted by Gasteiger charge is 2.40. The molecule has 2 aromatic carbocycles. The van der Waals surface area contributed by atoms with Crippen molar-refractivity contribution < 1.29 is 14.3 Å². The Balaban J connectivity index is 1.76. The minimum atomic E-state index is -0.0862. The lowest BCUT2D eigenvalue weighted by atomic mass is 10.0. The van der Waals surface area contributed by atoms with E-state index in [1.54, 1.807) is 4.90 Å². The van der Waals surface area contributed by atoms with Gasteiger partial charge in [0.1, 0.15) is 5.84 Å². The SMILES string of the molecule is CC1c2cc3c(cc2N=C2c4ccccc4C(=O)N21)OCO3. The third-order valence-electron chi connectivity index (χ3n) is 4.43. The number of aliphatic imine (C=N–C) groups is 1. The summed E-state index contributed by atoms with van der Waals surface area (Å²) < 4.78 is 10.9. The van der Waals surface area contributed by atoms with E-state index in [9.17, 15) is 4.79 Å². The Morgan fingerprint density at radius 1 is 1.14 bits per heavy atom. The molecule has 1 amide bonds. The van der Waals surface area contributed by atoms with Crippen molar-refractivity contribution in [1.29, 1.82) is 0 Å². The lowest BCUT2D eigenvalue weighted by Gasteiger charge is -2.30. The molecule has 0 radical (unpaired) electrons. The van der Waals surface area contributed by atoms with Crippen molar-refractivity contribution in [1.82, 2.24) is 4.90 Å². The van der Waals surface area contributed by atoms with Gasteiger partial charge in [0.05, 0.1) is 17.3 Å². The highest BCUT2D eigenvalue weighted by Crippen LogP contribution is 2.46. The fourth-order valence-corrected chi connectivity index (χ4v) is 3.33. The van der Waals surface area contributed by atoms with Crippen LogP contribution in [0.25, 0.3) is 0 Å². The molecule has 0 N–H and O–H groups in total. The van der Waals surface area contributed by atoms with Gasteiger partial charge in [-0.2, -0.15) is 0 Å². The Kier molecular flexibility index (Phi) is 2.08. The summed E-state index contributed by atoms with van der Waals surface area (Å²) >= 11 is 0. The van der Waals surface area contributed by atoms with Crippen molar-refractivity contribution in [3.63, 3.8) is 0 Å². The number of hydrogen-bond acceptors (Lipinski definition) is 4. The van der Waals surface area contributed by atoms with Gasteiger partial charge in [0, 0.05) is 17.2 Å². The summed E-state index contributed by atoms with van der Waals surface area (Å²) in [4.78, 5) is 19.1. The van der Waals surface area contributed by atoms with E-state index in [-0.39, 0.29) is 18.7 Å². The second-order valence-corrected chi connectivity index (χ2v) is 5.60. The number of carbonyl (C=O) groups is 1. The Labute approximate surface area is 126 Å². The van der Waals surface area contributed by atoms with E-state index in [0.717, 1.165) is 22.6 Å². The molecule has 5 heteroatoms. The van der Waals surface area contributed by atoms with Gasteiger partial charge in [-0.1, -0.05) is 18.2 Å². The fraction of sp³-hybridized carbons (Fsp3) is 0.176. The molecular formula is C17H12N2O3. The van der Waals surface area contributed by atoms with Gasteiger partial charge in [-0.25, -0.2) is 4.99 Å². The average Bonchev–Trinajstić information content (AvgIpc) is 3.10. The number of amidine groups is 1. The molecule has 0 fully saturated rings. The van der Waals surface area contributed by atoms with Crippen LogP contribution in [0.1, 0.15) is 34.5 Å². The Morgan fingerprint density at radius 3 is 2.68 bits per heavy atom. The summed E-state index contributed by atoms with van der Waals surface area (Å²) in [5.41, 5.74) is 3.42. The molecule has 0 aliphatic carbocycles. The molecule has 3 aliphatic rings. The maximum absolute atomic E-state index is 12.7. The molecular weight excluding hydrogens is 280 g/mol. The van der Waals surface area contributed by atoms with Crippen molar-refractivity contribution in [2.24, 2.45) is 4.99 Å². The van der Waals surface area contributed by atoms with E-state index >= 15 is 0 Å². The number of hydrogen-bond donors (Lipinski definition) is 0. The van der Waals surface area contributed by atoms with E-state index in [1.807, 2.05) is 43.3 Å². The fourth-order valence-electron chi connectivity index (χ4n) is 3.33. The van der Waals surface area contributed by atoms with Crippen molar-refractivity contribution >= 4 is 17.4 Å². The largest absolute Gasteiger partial charge is 0.454 e. The van der Waals surface area contributed by atoms with E-state index < -0.39 is 0 Å². The van der Waals surface area contributed by atoms with Crippen LogP contribution < -0.4 is 9.47 Å². The van der Waals surface area contributed by atoms with Crippen LogP contribution in [0.4, 0.5) is 5.69 Å². The first-order valence-corrected chi connectivity index (χ1v) is 7.19. The van der Waals surface area contributed by atoms with Crippen LogP contribution in [0.15, 0.2) is 41.4 Å². The van der Waals surface area contributed by atoms with Gasteiger partial charge in [0.2, 0.25) is 6.79 Å². The molecule has 2 aromatic rings. The van der Waals surface area contributed by atoms with Crippen LogP contribution in [0.3, 0.4) is 0 Å². The topological polar surface area (TPSA) is 51.1 Å². The monoisotopic (exact) mass is 292 g/mol. The Hall–Kier alpha value is -2.82. The number of benzene rings is 2. The van der Waals surface area contributed by atoms with Crippen LogP contribution in [0.2, 0.25) is 0 Å². The zero-order chi connectivity index (χ0) is 14.8. The molecule has 0 aromatic heterocycles. The highest BCUT2D eigenvalue weighted by atomic mass is 16.7. The van der Waals surface area contributed by atoms with Gasteiger partial charge < -0.3 is 9.47 Å². The smallest absolute Gasteiger partial charge is 0.260 e. The van der Waals surface area contributed by atoms with Crippen LogP contribution in [0.5, 0.6) is 11.5 Å². The second-order valence-electron chi connectivity index (χ2n) is 5.60. The molecule has 0 saturated heterocycles.